The normalized spacial score (nSPS) is 11.0. The highest BCUT2D eigenvalue weighted by Gasteiger charge is 2.15. The summed E-state index contributed by atoms with van der Waals surface area (Å²) in [6, 6.07) is 4.86. The molecule has 3 rings (SSSR count). The molecule has 2 aromatic carbocycles. The molecule has 0 saturated carbocycles. The number of aryl methyl sites for hydroxylation is 1. The lowest BCUT2D eigenvalue weighted by atomic mass is 10.1. The van der Waals surface area contributed by atoms with Crippen LogP contribution in [-0.4, -0.2) is 10.5 Å². The molecule has 1 heterocycles. The van der Waals surface area contributed by atoms with Crippen LogP contribution in [0.3, 0.4) is 0 Å². The van der Waals surface area contributed by atoms with Gasteiger partial charge in [-0.3, -0.25) is 4.79 Å². The second-order valence-electron chi connectivity index (χ2n) is 5.24. The summed E-state index contributed by atoms with van der Waals surface area (Å²) in [6.45, 7) is 1.44. The Bertz CT molecular complexity index is 1060. The van der Waals surface area contributed by atoms with E-state index < -0.39 is 34.4 Å². The molecular formula is C17H9F3NO3-. The molecule has 122 valence electrons. The predicted molar refractivity (Wildman–Crippen MR) is 78.5 cm³/mol. The molecule has 3 aromatic rings. The van der Waals surface area contributed by atoms with E-state index in [2.05, 4.69) is 0 Å². The first-order valence-corrected chi connectivity index (χ1v) is 6.82. The number of fused-ring (bicyclic) bond motifs is 1. The van der Waals surface area contributed by atoms with E-state index in [4.69, 9.17) is 0 Å². The lowest BCUT2D eigenvalue weighted by molar-refractivity contribution is -0.255. The van der Waals surface area contributed by atoms with Crippen molar-refractivity contribution in [2.75, 3.05) is 0 Å². The zero-order valence-corrected chi connectivity index (χ0v) is 12.3. The number of pyridine rings is 1. The van der Waals surface area contributed by atoms with Crippen molar-refractivity contribution in [3.8, 4) is 5.69 Å². The minimum atomic E-state index is -1.78. The van der Waals surface area contributed by atoms with Gasteiger partial charge in [0.2, 0.25) is 0 Å². The third-order valence-electron chi connectivity index (χ3n) is 3.67. The minimum absolute atomic E-state index is 0.0920. The van der Waals surface area contributed by atoms with E-state index in [0.717, 1.165) is 29.0 Å². The van der Waals surface area contributed by atoms with Crippen LogP contribution >= 0.6 is 0 Å². The highest BCUT2D eigenvalue weighted by Crippen LogP contribution is 2.23. The fourth-order valence-electron chi connectivity index (χ4n) is 2.47. The third kappa shape index (κ3) is 2.44. The molecule has 0 fully saturated rings. The summed E-state index contributed by atoms with van der Waals surface area (Å²) in [5, 5.41) is 10.9. The number of carboxylic acid groups (broad SMARTS) is 1. The van der Waals surface area contributed by atoms with Gasteiger partial charge in [0.05, 0.1) is 22.7 Å². The van der Waals surface area contributed by atoms with Crippen molar-refractivity contribution in [1.29, 1.82) is 0 Å². The fraction of sp³-hybridized carbons (Fsp3) is 0.0588. The van der Waals surface area contributed by atoms with Crippen LogP contribution in [0.1, 0.15) is 15.9 Å². The number of aromatic nitrogens is 1. The molecule has 0 bridgehead atoms. The number of aromatic carboxylic acids is 1. The lowest BCUT2D eigenvalue weighted by Gasteiger charge is -2.15. The molecule has 0 saturated heterocycles. The van der Waals surface area contributed by atoms with Gasteiger partial charge in [-0.2, -0.15) is 0 Å². The van der Waals surface area contributed by atoms with Gasteiger partial charge >= 0.3 is 0 Å². The molecule has 0 unspecified atom stereocenters. The van der Waals surface area contributed by atoms with E-state index in [1.807, 2.05) is 0 Å². The number of carboxylic acids is 1. The molecule has 0 atom stereocenters. The van der Waals surface area contributed by atoms with Crippen LogP contribution in [0.4, 0.5) is 13.2 Å². The number of rotatable bonds is 2. The highest BCUT2D eigenvalue weighted by atomic mass is 19.1. The average Bonchev–Trinajstić information content (AvgIpc) is 2.50. The van der Waals surface area contributed by atoms with Crippen molar-refractivity contribution in [3.05, 3.63) is 75.3 Å². The zero-order chi connectivity index (χ0) is 17.6. The zero-order valence-electron chi connectivity index (χ0n) is 12.3. The molecule has 1 aromatic heterocycles. The quantitative estimate of drug-likeness (QED) is 0.722. The van der Waals surface area contributed by atoms with Crippen molar-refractivity contribution >= 4 is 16.9 Å². The molecule has 0 aliphatic heterocycles. The van der Waals surface area contributed by atoms with Crippen LogP contribution in [0.2, 0.25) is 0 Å². The van der Waals surface area contributed by atoms with Crippen LogP contribution in [-0.2, 0) is 0 Å². The van der Waals surface area contributed by atoms with Gasteiger partial charge in [-0.05, 0) is 36.8 Å². The summed E-state index contributed by atoms with van der Waals surface area (Å²) in [7, 11) is 0. The molecule has 0 aliphatic carbocycles. The number of carbonyl (C=O) groups excluding carboxylic acids is 1. The number of hydrogen-bond acceptors (Lipinski definition) is 3. The standard InChI is InChI=1S/C17H10F3NO3/c1-8-4-15-10(6-12(8)19)16(22)11(17(23)24)7-21(15)14-3-2-9(18)5-13(14)20/h2-7H,1H3,(H,23,24)/p-1. The van der Waals surface area contributed by atoms with Gasteiger partial charge in [0.15, 0.2) is 5.43 Å². The maximum atomic E-state index is 14.1. The second kappa shape index (κ2) is 5.52. The topological polar surface area (TPSA) is 62.1 Å². The van der Waals surface area contributed by atoms with Gasteiger partial charge in [0.25, 0.3) is 0 Å². The Labute approximate surface area is 133 Å². The van der Waals surface area contributed by atoms with Gasteiger partial charge in [-0.15, -0.1) is 0 Å². The third-order valence-corrected chi connectivity index (χ3v) is 3.67. The van der Waals surface area contributed by atoms with E-state index in [9.17, 15) is 27.9 Å². The Hall–Kier alpha value is -3.09. The average molecular weight is 332 g/mol. The number of halogens is 3. The first-order chi connectivity index (χ1) is 11.3. The molecule has 4 nitrogen and oxygen atoms in total. The van der Waals surface area contributed by atoms with Crippen LogP contribution < -0.4 is 10.5 Å². The monoisotopic (exact) mass is 332 g/mol. The van der Waals surface area contributed by atoms with Crippen LogP contribution in [0.15, 0.2) is 41.3 Å². The van der Waals surface area contributed by atoms with E-state index >= 15 is 0 Å². The van der Waals surface area contributed by atoms with Crippen molar-refractivity contribution in [3.63, 3.8) is 0 Å². The molecule has 24 heavy (non-hydrogen) atoms. The molecule has 0 aliphatic rings. The first kappa shape index (κ1) is 15.8. The van der Waals surface area contributed by atoms with E-state index in [1.54, 1.807) is 0 Å². The smallest absolute Gasteiger partial charge is 0.198 e. The summed E-state index contributed by atoms with van der Waals surface area (Å²) in [5.74, 6) is -4.27. The Kier molecular flexibility index (Phi) is 3.63. The van der Waals surface area contributed by atoms with E-state index in [0.29, 0.717) is 6.07 Å². The van der Waals surface area contributed by atoms with Crippen molar-refractivity contribution in [2.24, 2.45) is 0 Å². The Morgan fingerprint density at radius 2 is 1.79 bits per heavy atom. The lowest BCUT2D eigenvalue weighted by Crippen LogP contribution is -2.30. The minimum Gasteiger partial charge on any atom is -0.545 e. The summed E-state index contributed by atoms with van der Waals surface area (Å²) in [6.07, 6.45) is 0.883. The molecule has 0 spiro atoms. The fourth-order valence-corrected chi connectivity index (χ4v) is 2.47. The molecule has 0 N–H and O–H groups in total. The van der Waals surface area contributed by atoms with E-state index in [-0.39, 0.29) is 22.2 Å². The second-order valence-corrected chi connectivity index (χ2v) is 5.24. The molecule has 0 amide bonds. The number of nitrogens with zero attached hydrogens (tertiary/aromatic N) is 1. The SMILES string of the molecule is Cc1cc2c(cc1F)c(=O)c(C(=O)[O-])cn2-c1ccc(F)cc1F. The van der Waals surface area contributed by atoms with Crippen molar-refractivity contribution in [1.82, 2.24) is 4.57 Å². The van der Waals surface area contributed by atoms with Crippen LogP contribution in [0, 0.1) is 24.4 Å². The number of benzene rings is 2. The van der Waals surface area contributed by atoms with Crippen molar-refractivity contribution < 1.29 is 23.1 Å². The Balaban J connectivity index is 2.50. The summed E-state index contributed by atoms with van der Waals surface area (Å²) in [4.78, 5) is 23.4. The largest absolute Gasteiger partial charge is 0.545 e. The summed E-state index contributed by atoms with van der Waals surface area (Å²) < 4.78 is 42.1. The maximum absolute atomic E-state index is 14.1. The Morgan fingerprint density at radius 1 is 1.08 bits per heavy atom. The van der Waals surface area contributed by atoms with Gasteiger partial charge < -0.3 is 14.5 Å². The maximum Gasteiger partial charge on any atom is 0.198 e. The number of hydrogen-bond donors (Lipinski definition) is 0. The van der Waals surface area contributed by atoms with Gasteiger partial charge in [0, 0.05) is 17.6 Å². The summed E-state index contributed by atoms with van der Waals surface area (Å²) in [5.41, 5.74) is -1.61. The predicted octanol–water partition coefficient (Wildman–Crippen LogP) is 2.08. The molecule has 0 radical (unpaired) electrons. The van der Waals surface area contributed by atoms with Crippen LogP contribution in [0.25, 0.3) is 16.6 Å². The summed E-state index contributed by atoms with van der Waals surface area (Å²) >= 11 is 0. The van der Waals surface area contributed by atoms with E-state index in [1.165, 1.54) is 13.0 Å². The highest BCUT2D eigenvalue weighted by molar-refractivity contribution is 5.92. The molecule has 7 heteroatoms. The van der Waals surface area contributed by atoms with Crippen molar-refractivity contribution in [2.45, 2.75) is 6.92 Å². The van der Waals surface area contributed by atoms with Crippen LogP contribution in [0.5, 0.6) is 0 Å². The van der Waals surface area contributed by atoms with Gasteiger partial charge in [-0.1, -0.05) is 0 Å². The Morgan fingerprint density at radius 3 is 2.42 bits per heavy atom. The van der Waals surface area contributed by atoms with Gasteiger partial charge in [0.1, 0.15) is 17.5 Å². The molecular weight excluding hydrogens is 323 g/mol. The van der Waals surface area contributed by atoms with Gasteiger partial charge in [-0.25, -0.2) is 13.2 Å². The number of carbonyl (C=O) groups is 1. The first-order valence-electron chi connectivity index (χ1n) is 6.82.